The summed E-state index contributed by atoms with van der Waals surface area (Å²) in [6, 6.07) is 15.9. The molecule has 0 spiro atoms. The summed E-state index contributed by atoms with van der Waals surface area (Å²) in [5.41, 5.74) is 5.19. The van der Waals surface area contributed by atoms with Crippen molar-refractivity contribution in [1.82, 2.24) is 9.55 Å². The predicted octanol–water partition coefficient (Wildman–Crippen LogP) is 3.44. The number of fused-ring (bicyclic) bond motifs is 1. The molecule has 4 rings (SSSR count). The highest BCUT2D eigenvalue weighted by Gasteiger charge is 2.14. The number of imidazole rings is 1. The zero-order valence-corrected chi connectivity index (χ0v) is 11.9. The summed E-state index contributed by atoms with van der Waals surface area (Å²) in [6.07, 6.45) is 3.74. The van der Waals surface area contributed by atoms with Crippen molar-refractivity contribution >= 4 is 0 Å². The Bertz CT molecular complexity index is 872. The van der Waals surface area contributed by atoms with Gasteiger partial charge in [0.15, 0.2) is 0 Å². The third-order valence-corrected chi connectivity index (χ3v) is 3.90. The topological polar surface area (TPSA) is 50.8 Å². The molecular formula is C18H13N3O. The lowest BCUT2D eigenvalue weighted by Gasteiger charge is -2.09. The smallest absolute Gasteiger partial charge is 0.144 e. The van der Waals surface area contributed by atoms with Gasteiger partial charge in [-0.05, 0) is 47.5 Å². The minimum absolute atomic E-state index is 0.650. The Hall–Kier alpha value is -2.90. The Morgan fingerprint density at radius 1 is 1.05 bits per heavy atom. The minimum Gasteiger partial charge on any atom is -0.372 e. The second-order valence-corrected chi connectivity index (χ2v) is 5.26. The van der Waals surface area contributed by atoms with Gasteiger partial charge in [-0.1, -0.05) is 6.07 Å². The largest absolute Gasteiger partial charge is 0.372 e. The van der Waals surface area contributed by atoms with Gasteiger partial charge in [0.2, 0.25) is 0 Å². The molecule has 4 nitrogen and oxygen atoms in total. The van der Waals surface area contributed by atoms with E-state index in [9.17, 15) is 0 Å². The zero-order valence-electron chi connectivity index (χ0n) is 11.9. The van der Waals surface area contributed by atoms with Crippen molar-refractivity contribution in [1.29, 1.82) is 5.26 Å². The molecule has 1 aliphatic heterocycles. The first-order chi connectivity index (χ1) is 10.8. The maximum atomic E-state index is 8.90. The lowest BCUT2D eigenvalue weighted by atomic mass is 10.1. The number of nitriles is 1. The van der Waals surface area contributed by atoms with E-state index in [2.05, 4.69) is 33.8 Å². The van der Waals surface area contributed by atoms with Crippen molar-refractivity contribution in [2.24, 2.45) is 0 Å². The second kappa shape index (κ2) is 5.14. The van der Waals surface area contributed by atoms with Crippen molar-refractivity contribution in [3.05, 3.63) is 71.5 Å². The molecule has 0 radical (unpaired) electrons. The highest BCUT2D eigenvalue weighted by Crippen LogP contribution is 2.26. The summed E-state index contributed by atoms with van der Waals surface area (Å²) in [7, 11) is 0. The highest BCUT2D eigenvalue weighted by atomic mass is 16.5. The lowest BCUT2D eigenvalue weighted by Crippen LogP contribution is -1.97. The highest BCUT2D eigenvalue weighted by molar-refractivity contribution is 5.60. The van der Waals surface area contributed by atoms with Crippen LogP contribution in [0.1, 0.15) is 16.7 Å². The van der Waals surface area contributed by atoms with E-state index in [-0.39, 0.29) is 0 Å². The van der Waals surface area contributed by atoms with Crippen molar-refractivity contribution in [3.63, 3.8) is 0 Å². The van der Waals surface area contributed by atoms with Gasteiger partial charge in [-0.25, -0.2) is 4.98 Å². The molecule has 3 aromatic rings. The van der Waals surface area contributed by atoms with Gasteiger partial charge in [0.25, 0.3) is 0 Å². The monoisotopic (exact) mass is 287 g/mol. The molecule has 1 aliphatic rings. The Morgan fingerprint density at radius 2 is 1.86 bits per heavy atom. The average molecular weight is 287 g/mol. The molecular weight excluding hydrogens is 274 g/mol. The van der Waals surface area contributed by atoms with Gasteiger partial charge in [0, 0.05) is 23.6 Å². The Balaban J connectivity index is 1.78. The van der Waals surface area contributed by atoms with E-state index >= 15 is 0 Å². The van der Waals surface area contributed by atoms with Crippen LogP contribution in [0.3, 0.4) is 0 Å². The maximum Gasteiger partial charge on any atom is 0.144 e. The third-order valence-electron chi connectivity index (χ3n) is 3.90. The van der Waals surface area contributed by atoms with Crippen molar-refractivity contribution in [3.8, 4) is 23.1 Å². The van der Waals surface area contributed by atoms with Crippen molar-refractivity contribution < 1.29 is 4.74 Å². The van der Waals surface area contributed by atoms with Crippen molar-refractivity contribution in [2.75, 3.05) is 0 Å². The van der Waals surface area contributed by atoms with Crippen LogP contribution in [0.5, 0.6) is 0 Å². The Kier molecular flexibility index (Phi) is 2.99. The van der Waals surface area contributed by atoms with Crippen LogP contribution in [-0.2, 0) is 18.0 Å². The Labute approximate surface area is 128 Å². The van der Waals surface area contributed by atoms with Gasteiger partial charge in [-0.2, -0.15) is 5.26 Å². The first-order valence-electron chi connectivity index (χ1n) is 7.09. The van der Waals surface area contributed by atoms with E-state index in [0.717, 1.165) is 17.1 Å². The molecule has 0 amide bonds. The Morgan fingerprint density at radius 3 is 2.68 bits per heavy atom. The van der Waals surface area contributed by atoms with Gasteiger partial charge < -0.3 is 4.74 Å². The zero-order chi connectivity index (χ0) is 14.9. The molecule has 0 N–H and O–H groups in total. The molecule has 0 unspecified atom stereocenters. The summed E-state index contributed by atoms with van der Waals surface area (Å²) < 4.78 is 7.53. The van der Waals surface area contributed by atoms with E-state index < -0.39 is 0 Å². The van der Waals surface area contributed by atoms with Crippen LogP contribution in [0.15, 0.2) is 54.9 Å². The first-order valence-corrected chi connectivity index (χ1v) is 7.09. The second-order valence-electron chi connectivity index (χ2n) is 5.26. The third kappa shape index (κ3) is 2.09. The number of benzene rings is 2. The molecule has 0 bridgehead atoms. The molecule has 22 heavy (non-hydrogen) atoms. The van der Waals surface area contributed by atoms with Crippen LogP contribution >= 0.6 is 0 Å². The predicted molar refractivity (Wildman–Crippen MR) is 82.2 cm³/mol. The fraction of sp³-hybridized carbons (Fsp3) is 0.111. The van der Waals surface area contributed by atoms with Crippen LogP contribution < -0.4 is 0 Å². The molecule has 1 aromatic heterocycles. The van der Waals surface area contributed by atoms with Crippen LogP contribution in [0, 0.1) is 11.3 Å². The number of rotatable bonds is 2. The summed E-state index contributed by atoms with van der Waals surface area (Å²) >= 11 is 0. The molecule has 0 saturated heterocycles. The molecule has 2 heterocycles. The number of hydrogen-bond donors (Lipinski definition) is 0. The van der Waals surface area contributed by atoms with Crippen molar-refractivity contribution in [2.45, 2.75) is 13.2 Å². The number of ether oxygens (including phenoxy) is 1. The standard InChI is InChI=1S/C18H13N3O/c19-10-13-1-3-14(4-2-13)18-20-7-8-21(18)17-6-5-15-11-22-12-16(15)9-17/h1-9H,11-12H2. The summed E-state index contributed by atoms with van der Waals surface area (Å²) in [5, 5.41) is 8.90. The van der Waals surface area contributed by atoms with Gasteiger partial charge in [0.1, 0.15) is 5.82 Å². The fourth-order valence-corrected chi connectivity index (χ4v) is 2.73. The van der Waals surface area contributed by atoms with Gasteiger partial charge in [-0.3, -0.25) is 4.57 Å². The van der Waals surface area contributed by atoms with E-state index in [4.69, 9.17) is 10.00 Å². The van der Waals surface area contributed by atoms with Gasteiger partial charge in [0.05, 0.1) is 24.8 Å². The molecule has 0 saturated carbocycles. The number of hydrogen-bond acceptors (Lipinski definition) is 3. The molecule has 106 valence electrons. The molecule has 4 heteroatoms. The average Bonchev–Trinajstić information content (AvgIpc) is 3.23. The number of aromatic nitrogens is 2. The normalized spacial score (nSPS) is 12.9. The quantitative estimate of drug-likeness (QED) is 0.725. The van der Waals surface area contributed by atoms with E-state index in [0.29, 0.717) is 18.8 Å². The first kappa shape index (κ1) is 12.8. The van der Waals surface area contributed by atoms with E-state index in [1.807, 2.05) is 30.5 Å². The van der Waals surface area contributed by atoms with Crippen LogP contribution in [0.2, 0.25) is 0 Å². The maximum absolute atomic E-state index is 8.90. The van der Waals surface area contributed by atoms with Crippen LogP contribution in [-0.4, -0.2) is 9.55 Å². The lowest BCUT2D eigenvalue weighted by molar-refractivity contribution is 0.134. The molecule has 0 atom stereocenters. The number of nitrogens with zero attached hydrogens (tertiary/aromatic N) is 3. The molecule has 0 fully saturated rings. The molecule has 2 aromatic carbocycles. The summed E-state index contributed by atoms with van der Waals surface area (Å²) in [6.45, 7) is 1.37. The summed E-state index contributed by atoms with van der Waals surface area (Å²) in [4.78, 5) is 4.46. The summed E-state index contributed by atoms with van der Waals surface area (Å²) in [5.74, 6) is 0.864. The molecule has 0 aliphatic carbocycles. The van der Waals surface area contributed by atoms with Gasteiger partial charge >= 0.3 is 0 Å². The van der Waals surface area contributed by atoms with E-state index in [1.54, 1.807) is 6.20 Å². The van der Waals surface area contributed by atoms with Crippen LogP contribution in [0.4, 0.5) is 0 Å². The minimum atomic E-state index is 0.650. The van der Waals surface area contributed by atoms with Crippen LogP contribution in [0.25, 0.3) is 17.1 Å². The SMILES string of the molecule is N#Cc1ccc(-c2nccn2-c2ccc3c(c2)COC3)cc1. The van der Waals surface area contributed by atoms with Gasteiger partial charge in [-0.15, -0.1) is 0 Å². The fourth-order valence-electron chi connectivity index (χ4n) is 2.73. The van der Waals surface area contributed by atoms with E-state index in [1.165, 1.54) is 11.1 Å².